The van der Waals surface area contributed by atoms with Crippen LogP contribution in [0.4, 0.5) is 0 Å². The molecule has 2 aromatic heterocycles. The number of hydrogen-bond donors (Lipinski definition) is 2. The Hall–Kier alpha value is -2.54. The molecule has 2 aromatic rings. The van der Waals surface area contributed by atoms with Crippen molar-refractivity contribution in [2.75, 3.05) is 13.0 Å². The zero-order chi connectivity index (χ0) is 23.3. The minimum atomic E-state index is -0.606. The monoisotopic (exact) mass is 451 g/mol. The van der Waals surface area contributed by atoms with Crippen molar-refractivity contribution in [2.45, 2.75) is 65.9 Å². The largest absolute Gasteiger partial charge is 0.469 e. The summed E-state index contributed by atoms with van der Waals surface area (Å²) in [6.07, 6.45) is 2.41. The molecule has 7 nitrogen and oxygen atoms in total. The van der Waals surface area contributed by atoms with Gasteiger partial charge in [-0.15, -0.1) is 11.6 Å². The van der Waals surface area contributed by atoms with Crippen molar-refractivity contribution in [3.63, 3.8) is 0 Å². The Morgan fingerprint density at radius 1 is 1.03 bits per heavy atom. The number of alkyl halides is 1. The molecule has 8 heteroatoms. The average molecular weight is 452 g/mol. The van der Waals surface area contributed by atoms with Gasteiger partial charge in [-0.3, -0.25) is 9.59 Å². The molecule has 0 unspecified atom stereocenters. The fourth-order valence-corrected chi connectivity index (χ4v) is 3.82. The van der Waals surface area contributed by atoms with Crippen LogP contribution in [0.25, 0.3) is 0 Å². The van der Waals surface area contributed by atoms with Crippen molar-refractivity contribution in [3.05, 3.63) is 45.0 Å². The maximum absolute atomic E-state index is 12.7. The summed E-state index contributed by atoms with van der Waals surface area (Å²) in [7, 11) is 1.34. The molecule has 0 bridgehead atoms. The summed E-state index contributed by atoms with van der Waals surface area (Å²) in [6, 6.07) is 0. The minimum Gasteiger partial charge on any atom is -0.469 e. The summed E-state index contributed by atoms with van der Waals surface area (Å²) in [5, 5.41) is 0. The zero-order valence-electron chi connectivity index (χ0n) is 19.0. The fourth-order valence-electron chi connectivity index (χ4n) is 3.64. The lowest BCUT2D eigenvalue weighted by Crippen LogP contribution is -2.24. The molecular formula is C23H31ClN2O5. The van der Waals surface area contributed by atoms with Crippen LogP contribution in [-0.4, -0.2) is 46.8 Å². The molecule has 0 amide bonds. The predicted molar refractivity (Wildman–Crippen MR) is 119 cm³/mol. The van der Waals surface area contributed by atoms with Gasteiger partial charge in [-0.1, -0.05) is 0 Å². The van der Waals surface area contributed by atoms with Gasteiger partial charge in [0.05, 0.1) is 12.8 Å². The molecule has 31 heavy (non-hydrogen) atoms. The molecule has 0 saturated carbocycles. The molecule has 0 aliphatic heterocycles. The Labute approximate surface area is 187 Å². The van der Waals surface area contributed by atoms with Gasteiger partial charge in [-0.2, -0.15) is 0 Å². The van der Waals surface area contributed by atoms with Crippen molar-refractivity contribution in [1.29, 1.82) is 0 Å². The van der Waals surface area contributed by atoms with Crippen LogP contribution in [0.5, 0.6) is 0 Å². The molecule has 0 aliphatic rings. The molecule has 2 heterocycles. The van der Waals surface area contributed by atoms with Gasteiger partial charge in [0.2, 0.25) is 0 Å². The Morgan fingerprint density at radius 2 is 1.71 bits per heavy atom. The van der Waals surface area contributed by atoms with Crippen LogP contribution in [0.1, 0.15) is 81.8 Å². The Kier molecular flexibility index (Phi) is 8.12. The van der Waals surface area contributed by atoms with Crippen molar-refractivity contribution in [3.8, 4) is 0 Å². The van der Waals surface area contributed by atoms with Crippen LogP contribution in [-0.2, 0) is 33.5 Å². The van der Waals surface area contributed by atoms with E-state index in [2.05, 4.69) is 9.97 Å². The number of halogens is 1. The molecule has 2 N–H and O–H groups in total. The van der Waals surface area contributed by atoms with E-state index in [1.54, 1.807) is 0 Å². The minimum absolute atomic E-state index is 0.192. The van der Waals surface area contributed by atoms with Gasteiger partial charge in [0.15, 0.2) is 6.29 Å². The first-order valence-corrected chi connectivity index (χ1v) is 10.8. The first-order chi connectivity index (χ1) is 14.5. The van der Waals surface area contributed by atoms with Crippen molar-refractivity contribution in [2.24, 2.45) is 0 Å². The standard InChI is InChI=1S/C23H31ClN2O5/c1-13-15(7-8-20(28)30-6)19(12-27)25-17(13)11-18-16(9-10-24)14(2)21(26-18)22(29)31-23(3,4)5/h12,25-26H,7-11H2,1-6H3/i12+1. The number of ether oxygens (including phenoxy) is 2. The highest BCUT2D eigenvalue weighted by molar-refractivity contribution is 6.18. The molecule has 0 saturated heterocycles. The lowest BCUT2D eigenvalue weighted by Gasteiger charge is -2.19. The summed E-state index contributed by atoms with van der Waals surface area (Å²) in [5.74, 6) is -0.333. The Bertz CT molecular complexity index is 966. The fraction of sp³-hybridized carbons (Fsp3) is 0.522. The van der Waals surface area contributed by atoms with Gasteiger partial charge < -0.3 is 19.4 Å². The average Bonchev–Trinajstić information content (AvgIpc) is 3.16. The maximum Gasteiger partial charge on any atom is 0.355 e. The van der Waals surface area contributed by atoms with E-state index in [0.717, 1.165) is 39.9 Å². The second-order valence-corrected chi connectivity index (χ2v) is 8.89. The van der Waals surface area contributed by atoms with E-state index in [9.17, 15) is 14.4 Å². The number of H-pyrrole nitrogens is 2. The van der Waals surface area contributed by atoms with E-state index in [0.29, 0.717) is 36.5 Å². The van der Waals surface area contributed by atoms with E-state index >= 15 is 0 Å². The van der Waals surface area contributed by atoms with Crippen LogP contribution < -0.4 is 0 Å². The molecule has 170 valence electrons. The van der Waals surface area contributed by atoms with Gasteiger partial charge >= 0.3 is 11.9 Å². The molecule has 0 fully saturated rings. The quantitative estimate of drug-likeness (QED) is 0.257. The third kappa shape index (κ3) is 6.00. The first-order valence-electron chi connectivity index (χ1n) is 10.2. The molecule has 0 spiro atoms. The second kappa shape index (κ2) is 10.2. The van der Waals surface area contributed by atoms with Crippen molar-refractivity contribution in [1.82, 2.24) is 9.97 Å². The van der Waals surface area contributed by atoms with Gasteiger partial charge in [-0.25, -0.2) is 4.79 Å². The van der Waals surface area contributed by atoms with Gasteiger partial charge in [0.1, 0.15) is 11.3 Å². The van der Waals surface area contributed by atoms with Crippen LogP contribution >= 0.6 is 11.6 Å². The Morgan fingerprint density at radius 3 is 2.26 bits per heavy atom. The van der Waals surface area contributed by atoms with E-state index < -0.39 is 11.6 Å². The SMILES string of the molecule is COC(=O)CCc1c([13CH]=O)[nH]c(Cc2[nH]c(C(=O)OC(C)(C)C)c(C)c2CCCl)c1C. The van der Waals surface area contributed by atoms with Crippen molar-refractivity contribution < 1.29 is 23.9 Å². The summed E-state index contributed by atoms with van der Waals surface area (Å²) in [5.41, 5.74) is 5.44. The number of aromatic nitrogens is 2. The smallest absolute Gasteiger partial charge is 0.355 e. The number of aromatic amines is 2. The van der Waals surface area contributed by atoms with Gasteiger partial charge in [-0.05, 0) is 69.7 Å². The normalized spacial score (nSPS) is 11.5. The molecular weight excluding hydrogens is 421 g/mol. The van der Waals surface area contributed by atoms with Crippen LogP contribution in [0.2, 0.25) is 0 Å². The topological polar surface area (TPSA) is 101 Å². The number of esters is 2. The number of hydrogen-bond acceptors (Lipinski definition) is 5. The number of carbonyl (C=O) groups is 3. The Balaban J connectivity index is 2.40. The number of methoxy groups -OCH3 is 1. The number of aldehydes is 1. The molecule has 0 atom stereocenters. The first kappa shape index (κ1) is 24.7. The third-order valence-corrected chi connectivity index (χ3v) is 5.40. The number of carbonyl (C=O) groups excluding carboxylic acids is 3. The number of nitrogens with one attached hydrogen (secondary N) is 2. The van der Waals surface area contributed by atoms with Gasteiger partial charge in [0.25, 0.3) is 0 Å². The summed E-state index contributed by atoms with van der Waals surface area (Å²) in [6.45, 7) is 9.26. The zero-order valence-corrected chi connectivity index (χ0v) is 19.8. The van der Waals surface area contributed by atoms with E-state index in [1.165, 1.54) is 7.11 Å². The third-order valence-electron chi connectivity index (χ3n) is 5.21. The van der Waals surface area contributed by atoms with E-state index in [-0.39, 0.29) is 12.4 Å². The summed E-state index contributed by atoms with van der Waals surface area (Å²) < 4.78 is 10.2. The highest BCUT2D eigenvalue weighted by Crippen LogP contribution is 2.27. The van der Waals surface area contributed by atoms with E-state index in [1.807, 2.05) is 34.6 Å². The van der Waals surface area contributed by atoms with Gasteiger partial charge in [0, 0.05) is 30.1 Å². The lowest BCUT2D eigenvalue weighted by molar-refractivity contribution is -0.140. The molecule has 0 aromatic carbocycles. The summed E-state index contributed by atoms with van der Waals surface area (Å²) >= 11 is 6.02. The highest BCUT2D eigenvalue weighted by Gasteiger charge is 2.25. The molecule has 0 aliphatic carbocycles. The van der Waals surface area contributed by atoms with Crippen LogP contribution in [0, 0.1) is 13.8 Å². The molecule has 0 radical (unpaired) electrons. The number of rotatable bonds is 9. The second-order valence-electron chi connectivity index (χ2n) is 8.51. The maximum atomic E-state index is 12.7. The molecule has 2 rings (SSSR count). The predicted octanol–water partition coefficient (Wildman–Crippen LogP) is 4.21. The lowest BCUT2D eigenvalue weighted by atomic mass is 10.0. The van der Waals surface area contributed by atoms with Crippen LogP contribution in [0.15, 0.2) is 0 Å². The summed E-state index contributed by atoms with van der Waals surface area (Å²) in [4.78, 5) is 42.2. The van der Waals surface area contributed by atoms with E-state index in [4.69, 9.17) is 21.1 Å². The van der Waals surface area contributed by atoms with Crippen LogP contribution in [0.3, 0.4) is 0 Å². The van der Waals surface area contributed by atoms with Crippen molar-refractivity contribution >= 4 is 29.8 Å². The highest BCUT2D eigenvalue weighted by atomic mass is 35.5.